The maximum absolute atomic E-state index is 10.4. The van der Waals surface area contributed by atoms with Gasteiger partial charge in [-0.25, -0.2) is 0 Å². The molecule has 4 heteroatoms. The van der Waals surface area contributed by atoms with Crippen molar-refractivity contribution < 1.29 is 9.90 Å². The molecule has 58 valence electrons. The highest BCUT2D eigenvalue weighted by Crippen LogP contribution is 2.21. The Labute approximate surface area is 69.5 Å². The minimum Gasteiger partial charge on any atom is -0.506 e. The van der Waals surface area contributed by atoms with Gasteiger partial charge in [0, 0.05) is 0 Å². The van der Waals surface area contributed by atoms with E-state index in [1.807, 2.05) is 0 Å². The molecule has 0 unspecified atom stereocenters. The molecule has 0 saturated heterocycles. The topological polar surface area (TPSA) is 49.3 Å². The molecule has 0 heterocycles. The molecule has 3 nitrogen and oxygen atoms in total. The number of hydrogen-bond acceptors (Lipinski definition) is 2. The molecular formula is C7H7NO2S. The van der Waals surface area contributed by atoms with E-state index in [2.05, 4.69) is 17.9 Å². The Hall–Kier alpha value is -1.16. The van der Waals surface area contributed by atoms with Crippen LogP contribution in [0.2, 0.25) is 0 Å². The third-order valence-corrected chi connectivity index (χ3v) is 1.26. The number of para-hydroxylation sites is 2. The first-order valence-corrected chi connectivity index (χ1v) is 3.43. The number of thiol groups is 1. The Morgan fingerprint density at radius 1 is 1.45 bits per heavy atom. The fraction of sp³-hybridized carbons (Fsp3) is 0. The van der Waals surface area contributed by atoms with E-state index in [4.69, 9.17) is 5.11 Å². The average molecular weight is 169 g/mol. The third kappa shape index (κ3) is 2.16. The van der Waals surface area contributed by atoms with E-state index < -0.39 is 5.24 Å². The van der Waals surface area contributed by atoms with Crippen LogP contribution in [0.4, 0.5) is 10.5 Å². The number of amides is 1. The van der Waals surface area contributed by atoms with Gasteiger partial charge in [-0.1, -0.05) is 24.8 Å². The van der Waals surface area contributed by atoms with Crippen LogP contribution in [-0.2, 0) is 0 Å². The summed E-state index contributed by atoms with van der Waals surface area (Å²) < 4.78 is 0. The van der Waals surface area contributed by atoms with Crippen LogP contribution in [0.25, 0.3) is 0 Å². The summed E-state index contributed by atoms with van der Waals surface area (Å²) in [5.41, 5.74) is 0.368. The molecule has 0 aliphatic carbocycles. The van der Waals surface area contributed by atoms with Gasteiger partial charge in [0.05, 0.1) is 5.69 Å². The zero-order chi connectivity index (χ0) is 8.27. The molecule has 0 saturated carbocycles. The zero-order valence-electron chi connectivity index (χ0n) is 5.61. The summed E-state index contributed by atoms with van der Waals surface area (Å²) in [5.74, 6) is 0.0369. The second-order valence-electron chi connectivity index (χ2n) is 1.95. The van der Waals surface area contributed by atoms with E-state index in [9.17, 15) is 4.79 Å². The Morgan fingerprint density at radius 2 is 2.09 bits per heavy atom. The largest absolute Gasteiger partial charge is 0.506 e. The van der Waals surface area contributed by atoms with Crippen molar-refractivity contribution in [2.45, 2.75) is 0 Å². The molecule has 0 radical (unpaired) electrons. The van der Waals surface area contributed by atoms with E-state index in [0.717, 1.165) is 0 Å². The smallest absolute Gasteiger partial charge is 0.280 e. The highest BCUT2D eigenvalue weighted by atomic mass is 32.1. The Bertz CT molecular complexity index is 275. The second-order valence-corrected chi connectivity index (χ2v) is 2.35. The SMILES string of the molecule is O=C(S)Nc1ccccc1O. The summed E-state index contributed by atoms with van der Waals surface area (Å²) in [7, 11) is 0. The Kier molecular flexibility index (Phi) is 2.38. The van der Waals surface area contributed by atoms with E-state index in [0.29, 0.717) is 5.69 Å². The molecule has 0 atom stereocenters. The summed E-state index contributed by atoms with van der Waals surface area (Å²) in [6, 6.07) is 6.45. The molecule has 0 fully saturated rings. The van der Waals surface area contributed by atoms with Crippen molar-refractivity contribution in [3.8, 4) is 5.75 Å². The Morgan fingerprint density at radius 3 is 2.64 bits per heavy atom. The van der Waals surface area contributed by atoms with Gasteiger partial charge >= 0.3 is 0 Å². The molecule has 1 aromatic carbocycles. The van der Waals surface area contributed by atoms with Crippen molar-refractivity contribution in [3.63, 3.8) is 0 Å². The molecule has 1 rings (SSSR count). The average Bonchev–Trinajstić information content (AvgIpc) is 1.93. The van der Waals surface area contributed by atoms with Gasteiger partial charge in [-0.05, 0) is 12.1 Å². The molecule has 0 aliphatic rings. The normalized spacial score (nSPS) is 9.18. The number of nitrogens with one attached hydrogen (secondary N) is 1. The lowest BCUT2D eigenvalue weighted by atomic mass is 10.3. The van der Waals surface area contributed by atoms with Crippen LogP contribution < -0.4 is 5.32 Å². The van der Waals surface area contributed by atoms with Crippen molar-refractivity contribution in [1.82, 2.24) is 0 Å². The number of anilines is 1. The minimum absolute atomic E-state index is 0.0369. The molecule has 1 aromatic rings. The fourth-order valence-corrected chi connectivity index (χ4v) is 0.815. The first-order chi connectivity index (χ1) is 5.20. The molecule has 2 N–H and O–H groups in total. The minimum atomic E-state index is -0.494. The van der Waals surface area contributed by atoms with Crippen LogP contribution in [0, 0.1) is 0 Å². The first kappa shape index (κ1) is 7.94. The van der Waals surface area contributed by atoms with Gasteiger partial charge in [0.15, 0.2) is 0 Å². The molecule has 0 aliphatic heterocycles. The monoisotopic (exact) mass is 169 g/mol. The van der Waals surface area contributed by atoms with Gasteiger partial charge in [0.25, 0.3) is 5.24 Å². The molecule has 0 aromatic heterocycles. The van der Waals surface area contributed by atoms with Crippen LogP contribution in [0.15, 0.2) is 24.3 Å². The number of aromatic hydroxyl groups is 1. The van der Waals surface area contributed by atoms with Gasteiger partial charge in [0.2, 0.25) is 0 Å². The predicted octanol–water partition coefficient (Wildman–Crippen LogP) is 1.85. The number of benzene rings is 1. The van der Waals surface area contributed by atoms with E-state index in [-0.39, 0.29) is 5.75 Å². The molecule has 0 spiro atoms. The fourth-order valence-electron chi connectivity index (χ4n) is 0.695. The number of carbonyl (C=O) groups excluding carboxylic acids is 1. The van der Waals surface area contributed by atoms with E-state index in [1.165, 1.54) is 6.07 Å². The van der Waals surface area contributed by atoms with Crippen molar-refractivity contribution in [1.29, 1.82) is 0 Å². The highest BCUT2D eigenvalue weighted by molar-refractivity contribution is 7.96. The van der Waals surface area contributed by atoms with Gasteiger partial charge in [0.1, 0.15) is 5.75 Å². The predicted molar refractivity (Wildman–Crippen MR) is 46.1 cm³/mol. The van der Waals surface area contributed by atoms with Crippen LogP contribution >= 0.6 is 12.6 Å². The maximum Gasteiger partial charge on any atom is 0.280 e. The van der Waals surface area contributed by atoms with Crippen molar-refractivity contribution in [2.24, 2.45) is 0 Å². The van der Waals surface area contributed by atoms with E-state index >= 15 is 0 Å². The summed E-state index contributed by atoms with van der Waals surface area (Å²) in [6.07, 6.45) is 0. The number of hydrogen-bond donors (Lipinski definition) is 3. The standard InChI is InChI=1S/C7H7NO2S/c9-6-4-2-1-3-5(6)8-7(10)11/h1-4,9H,(H2,8,10,11). The lowest BCUT2D eigenvalue weighted by molar-refractivity contribution is 0.270. The van der Waals surface area contributed by atoms with Gasteiger partial charge in [-0.2, -0.15) is 0 Å². The van der Waals surface area contributed by atoms with Crippen molar-refractivity contribution >= 4 is 23.6 Å². The zero-order valence-corrected chi connectivity index (χ0v) is 6.51. The van der Waals surface area contributed by atoms with Gasteiger partial charge in [-0.15, -0.1) is 0 Å². The lowest BCUT2D eigenvalue weighted by Crippen LogP contribution is -2.00. The van der Waals surface area contributed by atoms with Gasteiger partial charge < -0.3 is 10.4 Å². The van der Waals surface area contributed by atoms with Crippen LogP contribution in [-0.4, -0.2) is 10.3 Å². The maximum atomic E-state index is 10.4. The number of phenolic OH excluding ortho intramolecular Hbond substituents is 1. The second kappa shape index (κ2) is 3.30. The number of rotatable bonds is 1. The lowest BCUT2D eigenvalue weighted by Gasteiger charge is -2.01. The molecular weight excluding hydrogens is 162 g/mol. The first-order valence-electron chi connectivity index (χ1n) is 2.98. The van der Waals surface area contributed by atoms with Crippen LogP contribution in [0.3, 0.4) is 0 Å². The van der Waals surface area contributed by atoms with E-state index in [1.54, 1.807) is 18.2 Å². The van der Waals surface area contributed by atoms with Crippen LogP contribution in [0.5, 0.6) is 5.75 Å². The summed E-state index contributed by atoms with van der Waals surface area (Å²) in [4.78, 5) is 10.4. The quantitative estimate of drug-likeness (QED) is 0.444. The van der Waals surface area contributed by atoms with Gasteiger partial charge in [-0.3, -0.25) is 4.79 Å². The number of phenols is 1. The highest BCUT2D eigenvalue weighted by Gasteiger charge is 1.99. The Balaban J connectivity index is 2.86. The molecule has 1 amide bonds. The van der Waals surface area contributed by atoms with Crippen molar-refractivity contribution in [2.75, 3.05) is 5.32 Å². The third-order valence-electron chi connectivity index (χ3n) is 1.15. The summed E-state index contributed by atoms with van der Waals surface area (Å²) in [6.45, 7) is 0. The molecule has 0 bridgehead atoms. The van der Waals surface area contributed by atoms with Crippen molar-refractivity contribution in [3.05, 3.63) is 24.3 Å². The summed E-state index contributed by atoms with van der Waals surface area (Å²) in [5, 5.41) is 11.0. The summed E-state index contributed by atoms with van der Waals surface area (Å²) >= 11 is 3.50. The number of carbonyl (C=O) groups is 1. The molecule has 11 heavy (non-hydrogen) atoms. The van der Waals surface area contributed by atoms with Crippen LogP contribution in [0.1, 0.15) is 0 Å².